The van der Waals surface area contributed by atoms with Gasteiger partial charge in [0.1, 0.15) is 4.99 Å². The van der Waals surface area contributed by atoms with Crippen molar-refractivity contribution in [3.05, 3.63) is 64.4 Å². The SMILES string of the molecule is NC(=S)c1cc(Cn2c(=O)oc3ccccc32)ccn1. The van der Waals surface area contributed by atoms with Crippen molar-refractivity contribution < 1.29 is 4.42 Å². The Morgan fingerprint density at radius 2 is 2.15 bits per heavy atom. The van der Waals surface area contributed by atoms with Crippen LogP contribution in [0, 0.1) is 0 Å². The Morgan fingerprint density at radius 1 is 1.35 bits per heavy atom. The van der Waals surface area contributed by atoms with E-state index >= 15 is 0 Å². The summed E-state index contributed by atoms with van der Waals surface area (Å²) in [6, 6.07) is 10.9. The molecular formula is C14H11N3O2S. The third-order valence-corrected chi connectivity index (χ3v) is 3.20. The lowest BCUT2D eigenvalue weighted by Crippen LogP contribution is -2.16. The van der Waals surface area contributed by atoms with Crippen molar-refractivity contribution in [3.8, 4) is 0 Å². The van der Waals surface area contributed by atoms with E-state index in [4.69, 9.17) is 22.4 Å². The van der Waals surface area contributed by atoms with Crippen molar-refractivity contribution in [2.75, 3.05) is 0 Å². The Kier molecular flexibility index (Phi) is 3.08. The number of thiocarbonyl (C=S) groups is 1. The van der Waals surface area contributed by atoms with Crippen LogP contribution in [-0.4, -0.2) is 14.5 Å². The van der Waals surface area contributed by atoms with E-state index in [0.29, 0.717) is 17.8 Å². The average Bonchev–Trinajstić information content (AvgIpc) is 2.76. The number of benzene rings is 1. The summed E-state index contributed by atoms with van der Waals surface area (Å²) in [5.74, 6) is -0.389. The maximum atomic E-state index is 11.9. The molecule has 0 radical (unpaired) electrons. The van der Waals surface area contributed by atoms with E-state index < -0.39 is 0 Å². The van der Waals surface area contributed by atoms with Crippen molar-refractivity contribution in [1.82, 2.24) is 9.55 Å². The fourth-order valence-electron chi connectivity index (χ4n) is 2.05. The summed E-state index contributed by atoms with van der Waals surface area (Å²) in [5, 5.41) is 0. The van der Waals surface area contributed by atoms with Gasteiger partial charge in [-0.3, -0.25) is 9.55 Å². The second-order valence-corrected chi connectivity index (χ2v) is 4.78. The second-order valence-electron chi connectivity index (χ2n) is 4.34. The number of fused-ring (bicyclic) bond motifs is 1. The van der Waals surface area contributed by atoms with Crippen LogP contribution in [0.2, 0.25) is 0 Å². The normalized spacial score (nSPS) is 10.8. The summed E-state index contributed by atoms with van der Waals surface area (Å²) in [4.78, 5) is 16.2. The van der Waals surface area contributed by atoms with E-state index in [1.807, 2.05) is 24.3 Å². The van der Waals surface area contributed by atoms with Crippen LogP contribution >= 0.6 is 12.2 Å². The van der Waals surface area contributed by atoms with Crippen LogP contribution in [0.5, 0.6) is 0 Å². The quantitative estimate of drug-likeness (QED) is 0.741. The van der Waals surface area contributed by atoms with Gasteiger partial charge in [0.15, 0.2) is 5.58 Å². The highest BCUT2D eigenvalue weighted by Gasteiger charge is 2.09. The van der Waals surface area contributed by atoms with Crippen LogP contribution in [0.25, 0.3) is 11.1 Å². The Balaban J connectivity index is 2.05. The largest absolute Gasteiger partial charge is 0.420 e. The average molecular weight is 285 g/mol. The van der Waals surface area contributed by atoms with E-state index in [1.165, 1.54) is 0 Å². The van der Waals surface area contributed by atoms with Crippen LogP contribution in [0.1, 0.15) is 11.3 Å². The Labute approximate surface area is 119 Å². The molecule has 0 spiro atoms. The first kappa shape index (κ1) is 12.6. The fraction of sp³-hybridized carbons (Fsp3) is 0.0714. The molecule has 0 saturated heterocycles. The highest BCUT2D eigenvalue weighted by atomic mass is 32.1. The summed E-state index contributed by atoms with van der Waals surface area (Å²) in [5.41, 5.74) is 8.31. The minimum Gasteiger partial charge on any atom is -0.408 e. The second kappa shape index (κ2) is 4.90. The molecule has 0 fully saturated rings. The highest BCUT2D eigenvalue weighted by Crippen LogP contribution is 2.13. The van der Waals surface area contributed by atoms with Crippen LogP contribution < -0.4 is 11.5 Å². The number of nitrogens with two attached hydrogens (primary N) is 1. The molecule has 0 aliphatic rings. The molecule has 3 rings (SSSR count). The van der Waals surface area contributed by atoms with Gasteiger partial charge in [-0.15, -0.1) is 0 Å². The van der Waals surface area contributed by atoms with Crippen molar-refractivity contribution in [2.24, 2.45) is 5.73 Å². The first-order valence-electron chi connectivity index (χ1n) is 5.98. The molecule has 0 bridgehead atoms. The first-order chi connectivity index (χ1) is 9.65. The van der Waals surface area contributed by atoms with E-state index in [0.717, 1.165) is 11.1 Å². The standard InChI is InChI=1S/C14H11N3O2S/c15-13(20)10-7-9(5-6-16-10)8-17-11-3-1-2-4-12(11)19-14(17)18/h1-7H,8H2,(H2,15,20). The number of para-hydroxylation sites is 2. The topological polar surface area (TPSA) is 74.0 Å². The van der Waals surface area contributed by atoms with Gasteiger partial charge in [-0.1, -0.05) is 24.4 Å². The zero-order valence-corrected chi connectivity index (χ0v) is 11.3. The molecule has 0 saturated carbocycles. The molecular weight excluding hydrogens is 274 g/mol. The number of rotatable bonds is 3. The summed E-state index contributed by atoms with van der Waals surface area (Å²) in [6.07, 6.45) is 1.62. The molecule has 2 heterocycles. The number of aromatic nitrogens is 2. The van der Waals surface area contributed by atoms with Crippen molar-refractivity contribution in [3.63, 3.8) is 0 Å². The number of hydrogen-bond donors (Lipinski definition) is 1. The summed E-state index contributed by atoms with van der Waals surface area (Å²) < 4.78 is 6.75. The molecule has 6 heteroatoms. The number of oxazole rings is 1. The van der Waals surface area contributed by atoms with E-state index in [-0.39, 0.29) is 10.7 Å². The lowest BCUT2D eigenvalue weighted by Gasteiger charge is -2.04. The molecule has 3 aromatic rings. The van der Waals surface area contributed by atoms with Crippen molar-refractivity contribution in [1.29, 1.82) is 0 Å². The van der Waals surface area contributed by atoms with Crippen LogP contribution in [0.15, 0.2) is 51.8 Å². The van der Waals surface area contributed by atoms with E-state index in [9.17, 15) is 4.79 Å². The molecule has 0 aliphatic carbocycles. The van der Waals surface area contributed by atoms with Crippen molar-refractivity contribution >= 4 is 28.3 Å². The highest BCUT2D eigenvalue weighted by molar-refractivity contribution is 7.80. The minimum atomic E-state index is -0.389. The lowest BCUT2D eigenvalue weighted by atomic mass is 10.2. The fourth-order valence-corrected chi connectivity index (χ4v) is 2.17. The maximum absolute atomic E-state index is 11.9. The molecule has 20 heavy (non-hydrogen) atoms. The van der Waals surface area contributed by atoms with Crippen molar-refractivity contribution in [2.45, 2.75) is 6.54 Å². The van der Waals surface area contributed by atoms with Gasteiger partial charge >= 0.3 is 5.76 Å². The van der Waals surface area contributed by atoms with Gasteiger partial charge in [-0.2, -0.15) is 0 Å². The first-order valence-corrected chi connectivity index (χ1v) is 6.39. The van der Waals surface area contributed by atoms with Gasteiger partial charge in [0.05, 0.1) is 17.8 Å². The zero-order chi connectivity index (χ0) is 14.1. The number of pyridine rings is 1. The minimum absolute atomic E-state index is 0.233. The maximum Gasteiger partial charge on any atom is 0.420 e. The molecule has 100 valence electrons. The van der Waals surface area contributed by atoms with Gasteiger partial charge in [0.2, 0.25) is 0 Å². The molecule has 0 aliphatic heterocycles. The van der Waals surface area contributed by atoms with Gasteiger partial charge in [-0.05, 0) is 29.8 Å². The van der Waals surface area contributed by atoms with Crippen LogP contribution in [-0.2, 0) is 6.54 Å². The summed E-state index contributed by atoms with van der Waals surface area (Å²) >= 11 is 4.90. The molecule has 2 N–H and O–H groups in total. The van der Waals surface area contributed by atoms with Gasteiger partial charge in [0, 0.05) is 6.20 Å². The molecule has 1 aromatic carbocycles. The number of nitrogens with zero attached hydrogens (tertiary/aromatic N) is 2. The molecule has 0 atom stereocenters. The molecule has 2 aromatic heterocycles. The van der Waals surface area contributed by atoms with E-state index in [2.05, 4.69) is 4.98 Å². The zero-order valence-electron chi connectivity index (χ0n) is 10.4. The number of hydrogen-bond acceptors (Lipinski definition) is 4. The van der Waals surface area contributed by atoms with Gasteiger partial charge in [-0.25, -0.2) is 4.79 Å². The Bertz CT molecular complexity index is 851. The third-order valence-electron chi connectivity index (χ3n) is 2.99. The lowest BCUT2D eigenvalue weighted by molar-refractivity contribution is 0.517. The summed E-state index contributed by atoms with van der Waals surface area (Å²) in [6.45, 7) is 0.383. The van der Waals surface area contributed by atoms with Gasteiger partial charge in [0.25, 0.3) is 0 Å². The monoisotopic (exact) mass is 285 g/mol. The predicted octanol–water partition coefficient (Wildman–Crippen LogP) is 1.67. The van der Waals surface area contributed by atoms with Gasteiger partial charge < -0.3 is 10.2 Å². The third kappa shape index (κ3) is 2.21. The summed E-state index contributed by atoms with van der Waals surface area (Å²) in [7, 11) is 0. The molecule has 0 unspecified atom stereocenters. The van der Waals surface area contributed by atoms with E-state index in [1.54, 1.807) is 22.9 Å². The van der Waals surface area contributed by atoms with Crippen LogP contribution in [0.4, 0.5) is 0 Å². The molecule has 0 amide bonds. The predicted molar refractivity (Wildman–Crippen MR) is 79.7 cm³/mol. The molecule has 5 nitrogen and oxygen atoms in total. The smallest absolute Gasteiger partial charge is 0.408 e. The Hall–Kier alpha value is -2.47. The van der Waals surface area contributed by atoms with Crippen LogP contribution in [0.3, 0.4) is 0 Å². The Morgan fingerprint density at radius 3 is 2.95 bits per heavy atom.